The molecule has 129 heavy (non-hydrogen) atoms. The quantitative estimate of drug-likeness (QED) is 0.0422. The molecule has 21 nitrogen and oxygen atoms in total. The van der Waals surface area contributed by atoms with Crippen LogP contribution in [-0.2, 0) is 55.9 Å². The van der Waals surface area contributed by atoms with E-state index in [0.29, 0.717) is 146 Å². The minimum atomic E-state index is -0.745. The van der Waals surface area contributed by atoms with E-state index < -0.39 is 100 Å². The molecular weight excluding hydrogens is 1680 g/mol. The molecule has 1 N–H and O–H groups in total. The second-order valence-electron chi connectivity index (χ2n) is 30.4. The Hall–Kier alpha value is -10.2. The van der Waals surface area contributed by atoms with Gasteiger partial charge in [0.15, 0.2) is 0 Å². The van der Waals surface area contributed by atoms with E-state index in [4.69, 9.17) is 60.9 Å². The van der Waals surface area contributed by atoms with Crippen molar-refractivity contribution in [1.82, 2.24) is 0 Å². The maximum absolute atomic E-state index is 13.1. The average Bonchev–Trinajstić information content (AvgIpc) is 1.62. The number of benzene rings is 9. The van der Waals surface area contributed by atoms with E-state index in [1.165, 1.54) is 134 Å². The average molecular weight is 1790 g/mol. The first-order chi connectivity index (χ1) is 59.0. The molecule has 5 aliphatic heterocycles. The van der Waals surface area contributed by atoms with Crippen LogP contribution in [0.5, 0.6) is 0 Å². The molecule has 5 aliphatic rings. The first-order valence-electron chi connectivity index (χ1n) is 39.3. The second kappa shape index (κ2) is 55.7. The van der Waals surface area contributed by atoms with Gasteiger partial charge in [-0.2, -0.15) is 0 Å². The number of hydrogen-bond acceptors (Lipinski definition) is 21. The van der Waals surface area contributed by atoms with Crippen molar-refractivity contribution in [3.63, 3.8) is 0 Å². The molecule has 0 amide bonds. The molecule has 5 saturated heterocycles. The van der Waals surface area contributed by atoms with Crippen molar-refractivity contribution < 1.29 is 134 Å². The summed E-state index contributed by atoms with van der Waals surface area (Å²) < 4.78 is 169. The van der Waals surface area contributed by atoms with Gasteiger partial charge in [-0.15, -0.1) is 0 Å². The fourth-order valence-electron chi connectivity index (χ4n) is 12.4. The van der Waals surface area contributed by atoms with E-state index in [0.717, 1.165) is 23.5 Å². The molecule has 37 heteroatoms. The summed E-state index contributed by atoms with van der Waals surface area (Å²) in [6.45, 7) is 23.4. The number of rotatable bonds is 20. The van der Waals surface area contributed by atoms with Crippen LogP contribution in [0.4, 0.5) is 35.1 Å². The molecule has 5 fully saturated rings. The van der Waals surface area contributed by atoms with E-state index in [2.05, 4.69) is 0 Å². The molecule has 14 rings (SSSR count). The van der Waals surface area contributed by atoms with Crippen LogP contribution >= 0.6 is 0 Å². The van der Waals surface area contributed by atoms with Crippen LogP contribution in [0.1, 0.15) is 193 Å². The van der Waals surface area contributed by atoms with Crippen LogP contribution in [-0.4, -0.2) is 182 Å². The lowest BCUT2D eigenvalue weighted by atomic mass is 9.62. The number of carbonyl (C=O) groups is 8. The Morgan fingerprint density at radius 3 is 0.984 bits per heavy atom. The van der Waals surface area contributed by atoms with E-state index >= 15 is 0 Å². The summed E-state index contributed by atoms with van der Waals surface area (Å²) >= 11 is 0. The zero-order valence-electron chi connectivity index (χ0n) is 70.4. The van der Waals surface area contributed by atoms with Gasteiger partial charge in [0.25, 0.3) is 0 Å². The topological polar surface area (TPSA) is 268 Å². The van der Waals surface area contributed by atoms with E-state index in [9.17, 15) is 73.5 Å². The molecule has 0 spiro atoms. The number of carbonyl (C=O) groups excluding carboxylic acids is 8. The molecule has 0 saturated carbocycles. The Kier molecular flexibility index (Phi) is 49.6. The largest absolute Gasteiger partial charge is 0.495 e. The van der Waals surface area contributed by atoms with Gasteiger partial charge < -0.3 is 60.9 Å². The summed E-state index contributed by atoms with van der Waals surface area (Å²) in [4.78, 5) is 86.0. The van der Waals surface area contributed by atoms with E-state index in [1.54, 1.807) is 26.1 Å². The Morgan fingerprint density at radius 1 is 0.372 bits per heavy atom. The predicted molar refractivity (Wildman–Crippen MR) is 495 cm³/mol. The molecule has 686 valence electrons. The molecule has 9 aromatic rings. The van der Waals surface area contributed by atoms with Gasteiger partial charge in [-0.25, -0.2) is 35.1 Å². The third kappa shape index (κ3) is 34.2. The number of hydrogen-bond donors (Lipinski definition) is 1. The first kappa shape index (κ1) is 115. The lowest BCUT2D eigenvalue weighted by Gasteiger charge is -2.33. The number of halogens is 8. The van der Waals surface area contributed by atoms with Crippen LogP contribution in [0.25, 0.3) is 0 Å². The Bertz CT molecular complexity index is 5030. The number of aldehydes is 8. The fourth-order valence-corrected chi connectivity index (χ4v) is 12.4. The lowest BCUT2D eigenvalue weighted by molar-refractivity contribution is 0.00578. The monoisotopic (exact) mass is 1790 g/mol. The molecule has 0 radical (unpaired) electrons. The van der Waals surface area contributed by atoms with Gasteiger partial charge in [0.2, 0.25) is 0 Å². The van der Waals surface area contributed by atoms with Gasteiger partial charge >= 0.3 is 56.3 Å². The zero-order valence-corrected chi connectivity index (χ0v) is 70.4. The molecular formula is C92H112B8F8O21. The van der Waals surface area contributed by atoms with Gasteiger partial charge in [-0.05, 0) is 194 Å². The van der Waals surface area contributed by atoms with Gasteiger partial charge in [-0.3, -0.25) is 38.4 Å². The smallest absolute Gasteiger partial charge is 0.446 e. The highest BCUT2D eigenvalue weighted by Crippen LogP contribution is 2.37. The minimum Gasteiger partial charge on any atom is -0.446 e. The standard InChI is InChI=1S/C15H12BFO3.C13H16BFO3.C12H14BFO3.C11H14BFO2.C10H10BFO3.C9H8BFO3.C9H10BFO2.C8H8BFO2.5CH4/c17-13-6-7-14(12(8-13)9-18)16-19-10-15(20-16)11-4-2-1-3-5-11;1-12(2)13(3,4)18-14(17-12)11-6-5-10(15)7-9(11)8-16;1-12(2)7-16-13(17-8-12)11-4-3-10(14)5-9(11)6-15;1-8(2)15-12(3)11-5-4-10(13)6-9(11)7-14;12-9-2-3-10(8(6-9)7-13)11-14-4-1-5-15-11;11-8-1-2-9(7(5-8)6-12)10-13-3-4-14-10;1-10(13-2)9-4-3-8(11)5-7(9)6-12;1-9(12)8-3-2-7(10)4-6(8)5-11;;;;;/h1-9,15H,10H2;5-8H,1-4H3;3-6H,7-8H2,1-2H3;4-8H,1-3H3;2-3,6-7H,1,4-5H2;1-2,5-6H,3-4H2;3-6H,1-2H3;2-5,12H,1H3;5*1H4. The highest BCUT2D eigenvalue weighted by molar-refractivity contribution is 6.68. The van der Waals surface area contributed by atoms with Crippen molar-refractivity contribution in [1.29, 1.82) is 0 Å². The molecule has 9 aromatic carbocycles. The van der Waals surface area contributed by atoms with Crippen LogP contribution in [0.3, 0.4) is 0 Å². The third-order valence-corrected chi connectivity index (χ3v) is 19.6. The minimum absolute atomic E-state index is 0. The van der Waals surface area contributed by atoms with Crippen molar-refractivity contribution in [2.45, 2.75) is 143 Å². The molecule has 0 aliphatic carbocycles. The van der Waals surface area contributed by atoms with Crippen LogP contribution < -0.4 is 43.7 Å². The van der Waals surface area contributed by atoms with Crippen molar-refractivity contribution in [2.24, 2.45) is 5.41 Å². The van der Waals surface area contributed by atoms with Crippen LogP contribution in [0.2, 0.25) is 20.5 Å². The highest BCUT2D eigenvalue weighted by Gasteiger charge is 2.52. The van der Waals surface area contributed by atoms with Crippen molar-refractivity contribution >= 4 is 150 Å². The molecule has 0 bridgehead atoms. The Balaban J connectivity index is 0.000000499. The molecule has 0 aromatic heterocycles. The second-order valence-corrected chi connectivity index (χ2v) is 30.4. The summed E-state index contributed by atoms with van der Waals surface area (Å²) in [5, 5.41) is 9.15. The Morgan fingerprint density at radius 2 is 0.659 bits per heavy atom. The summed E-state index contributed by atoms with van der Waals surface area (Å²) in [5.74, 6) is -3.49. The van der Waals surface area contributed by atoms with Crippen molar-refractivity contribution in [3.8, 4) is 0 Å². The highest BCUT2D eigenvalue weighted by atomic mass is 19.2. The Labute approximate surface area is 755 Å². The maximum atomic E-state index is 13.1. The van der Waals surface area contributed by atoms with Crippen molar-refractivity contribution in [2.75, 3.05) is 53.4 Å². The van der Waals surface area contributed by atoms with E-state index in [1.807, 2.05) is 92.5 Å². The lowest BCUT2D eigenvalue weighted by Crippen LogP contribution is -2.48. The van der Waals surface area contributed by atoms with Gasteiger partial charge in [0.05, 0.1) is 37.1 Å². The zero-order chi connectivity index (χ0) is 91.0. The third-order valence-electron chi connectivity index (χ3n) is 19.6. The summed E-state index contributed by atoms with van der Waals surface area (Å²) in [7, 11) is -1.39. The predicted octanol–water partition coefficient (Wildman–Crippen LogP) is 13.3. The van der Waals surface area contributed by atoms with Crippen molar-refractivity contribution in [3.05, 3.63) is 273 Å². The van der Waals surface area contributed by atoms with E-state index in [-0.39, 0.29) is 102 Å². The summed E-state index contributed by atoms with van der Waals surface area (Å²) in [6, 6.07) is 41.7. The summed E-state index contributed by atoms with van der Waals surface area (Å²) in [6.07, 6.45) is 5.61. The van der Waals surface area contributed by atoms with Gasteiger partial charge in [0, 0.05) is 89.6 Å². The summed E-state index contributed by atoms with van der Waals surface area (Å²) in [5.41, 5.74) is 7.01. The van der Waals surface area contributed by atoms with Gasteiger partial charge in [-0.1, -0.05) is 150 Å². The molecule has 1 atom stereocenters. The van der Waals surface area contributed by atoms with Crippen LogP contribution in [0, 0.1) is 52.0 Å². The SMILES string of the molecule is C.C.C.C.C.CB(O)c1ccc(F)cc1C=O.CB(OC(C)C)c1ccc(F)cc1C=O.CC1(C)COB(c2ccc(F)cc2C=O)OC1.CC1(C)OB(c2ccc(F)cc2C=O)OC1(C)C.COB(C)c1ccc(F)cc1C=O.O=Cc1cc(F)ccc1B1OCC(c2ccccc2)O1.O=Cc1cc(F)ccc1B1OCCCO1.O=Cc1cc(F)ccc1B1OCCO1. The molecule has 5 heterocycles. The van der Waals surface area contributed by atoms with Gasteiger partial charge in [0.1, 0.15) is 96.8 Å². The normalized spacial score (nSPS) is 15.0. The molecule has 1 unspecified atom stereocenters. The maximum Gasteiger partial charge on any atom is 0.495 e. The van der Waals surface area contributed by atoms with Crippen LogP contribution in [0.15, 0.2) is 176 Å². The first-order valence-corrected chi connectivity index (χ1v) is 39.3. The fraction of sp³-hybridized carbons (Fsp3) is 0.326.